The summed E-state index contributed by atoms with van der Waals surface area (Å²) in [4.78, 5) is 8.77. The summed E-state index contributed by atoms with van der Waals surface area (Å²) < 4.78 is 18.8. The van der Waals surface area contributed by atoms with E-state index in [9.17, 15) is 4.39 Å². The fraction of sp³-hybridized carbons (Fsp3) is 0.231. The van der Waals surface area contributed by atoms with Crippen molar-refractivity contribution in [1.82, 2.24) is 9.97 Å². The molecule has 0 saturated heterocycles. The molecule has 100 valence electrons. The average molecular weight is 326 g/mol. The molecular formula is C13H13BrFN3O. The fourth-order valence-electron chi connectivity index (χ4n) is 1.64. The highest BCUT2D eigenvalue weighted by atomic mass is 79.9. The Morgan fingerprint density at radius 3 is 2.74 bits per heavy atom. The van der Waals surface area contributed by atoms with Crippen molar-refractivity contribution in [2.45, 2.75) is 6.61 Å². The number of ether oxygens (including phenoxy) is 1. The van der Waals surface area contributed by atoms with Gasteiger partial charge < -0.3 is 10.1 Å². The Morgan fingerprint density at radius 2 is 2.11 bits per heavy atom. The van der Waals surface area contributed by atoms with Crippen molar-refractivity contribution in [1.29, 1.82) is 0 Å². The van der Waals surface area contributed by atoms with Crippen LogP contribution in [0.2, 0.25) is 0 Å². The Kier molecular flexibility index (Phi) is 4.44. The molecule has 0 fully saturated rings. The zero-order chi connectivity index (χ0) is 13.8. The molecule has 2 aromatic rings. The number of halogens is 2. The van der Waals surface area contributed by atoms with Gasteiger partial charge in [0.1, 0.15) is 11.6 Å². The SMILES string of the molecule is CNc1cc(COC)nc(-c2ccc(F)cc2Br)n1. The second-order valence-corrected chi connectivity index (χ2v) is 4.73. The molecule has 0 atom stereocenters. The Balaban J connectivity index is 2.51. The molecule has 0 aliphatic carbocycles. The van der Waals surface area contributed by atoms with Gasteiger partial charge in [0, 0.05) is 30.3 Å². The molecule has 1 heterocycles. The van der Waals surface area contributed by atoms with Crippen LogP contribution >= 0.6 is 15.9 Å². The maximum atomic E-state index is 13.1. The molecule has 1 aromatic carbocycles. The lowest BCUT2D eigenvalue weighted by molar-refractivity contribution is 0.181. The Labute approximate surface area is 119 Å². The summed E-state index contributed by atoms with van der Waals surface area (Å²) in [6, 6.07) is 6.22. The summed E-state index contributed by atoms with van der Waals surface area (Å²) in [5.41, 5.74) is 1.49. The minimum Gasteiger partial charge on any atom is -0.378 e. The number of benzene rings is 1. The van der Waals surface area contributed by atoms with Crippen LogP contribution in [0.1, 0.15) is 5.69 Å². The van der Waals surface area contributed by atoms with Crippen LogP contribution in [-0.4, -0.2) is 24.1 Å². The van der Waals surface area contributed by atoms with Crippen LogP contribution in [-0.2, 0) is 11.3 Å². The molecule has 0 aliphatic heterocycles. The zero-order valence-corrected chi connectivity index (χ0v) is 12.2. The van der Waals surface area contributed by atoms with E-state index < -0.39 is 0 Å². The highest BCUT2D eigenvalue weighted by Gasteiger charge is 2.10. The Morgan fingerprint density at radius 1 is 1.32 bits per heavy atom. The molecule has 0 spiro atoms. The lowest BCUT2D eigenvalue weighted by Crippen LogP contribution is -2.02. The van der Waals surface area contributed by atoms with Gasteiger partial charge in [-0.1, -0.05) is 0 Å². The number of methoxy groups -OCH3 is 1. The van der Waals surface area contributed by atoms with Crippen LogP contribution < -0.4 is 5.32 Å². The standard InChI is InChI=1S/C13H13BrFN3O/c1-16-12-6-9(7-19-2)17-13(18-12)10-4-3-8(15)5-11(10)14/h3-6H,7H2,1-2H3,(H,16,17,18). The monoisotopic (exact) mass is 325 g/mol. The van der Waals surface area contributed by atoms with E-state index in [4.69, 9.17) is 4.74 Å². The van der Waals surface area contributed by atoms with Gasteiger partial charge in [-0.15, -0.1) is 0 Å². The van der Waals surface area contributed by atoms with Crippen molar-refractivity contribution < 1.29 is 9.13 Å². The van der Waals surface area contributed by atoms with Crippen molar-refractivity contribution in [2.24, 2.45) is 0 Å². The third-order valence-corrected chi connectivity index (χ3v) is 3.16. The maximum Gasteiger partial charge on any atom is 0.162 e. The summed E-state index contributed by atoms with van der Waals surface area (Å²) in [5.74, 6) is 0.900. The topological polar surface area (TPSA) is 47.0 Å². The molecule has 0 amide bonds. The van der Waals surface area contributed by atoms with Crippen LogP contribution in [0, 0.1) is 5.82 Å². The molecule has 0 radical (unpaired) electrons. The minimum absolute atomic E-state index is 0.308. The largest absolute Gasteiger partial charge is 0.378 e. The first-order valence-corrected chi connectivity index (χ1v) is 6.43. The zero-order valence-electron chi connectivity index (χ0n) is 10.6. The second-order valence-electron chi connectivity index (χ2n) is 3.88. The predicted octanol–water partition coefficient (Wildman–Crippen LogP) is 3.23. The van der Waals surface area contributed by atoms with E-state index in [1.807, 2.05) is 6.07 Å². The van der Waals surface area contributed by atoms with Crippen LogP contribution in [0.25, 0.3) is 11.4 Å². The number of anilines is 1. The van der Waals surface area contributed by atoms with Gasteiger partial charge in [0.2, 0.25) is 0 Å². The molecule has 2 rings (SSSR count). The van der Waals surface area contributed by atoms with Crippen LogP contribution in [0.4, 0.5) is 10.2 Å². The van der Waals surface area contributed by atoms with E-state index in [0.717, 1.165) is 11.3 Å². The van der Waals surface area contributed by atoms with Crippen molar-refractivity contribution in [3.8, 4) is 11.4 Å². The smallest absolute Gasteiger partial charge is 0.162 e. The first kappa shape index (κ1) is 13.9. The van der Waals surface area contributed by atoms with E-state index in [-0.39, 0.29) is 5.82 Å². The first-order valence-electron chi connectivity index (χ1n) is 5.64. The predicted molar refractivity (Wildman–Crippen MR) is 75.4 cm³/mol. The first-order chi connectivity index (χ1) is 9.13. The van der Waals surface area contributed by atoms with E-state index in [0.29, 0.717) is 22.7 Å². The number of nitrogens with one attached hydrogen (secondary N) is 1. The third-order valence-electron chi connectivity index (χ3n) is 2.50. The van der Waals surface area contributed by atoms with Gasteiger partial charge in [0.05, 0.1) is 12.3 Å². The van der Waals surface area contributed by atoms with Crippen LogP contribution in [0.3, 0.4) is 0 Å². The number of hydrogen-bond acceptors (Lipinski definition) is 4. The minimum atomic E-state index is -0.308. The van der Waals surface area contributed by atoms with Gasteiger partial charge >= 0.3 is 0 Å². The number of aromatic nitrogens is 2. The summed E-state index contributed by atoms with van der Waals surface area (Å²) in [7, 11) is 3.39. The Hall–Kier alpha value is -1.53. The summed E-state index contributed by atoms with van der Waals surface area (Å²) in [6.07, 6.45) is 0. The second kappa shape index (κ2) is 6.08. The quantitative estimate of drug-likeness (QED) is 0.937. The molecule has 0 saturated carbocycles. The fourth-order valence-corrected chi connectivity index (χ4v) is 2.17. The molecule has 1 N–H and O–H groups in total. The van der Waals surface area contributed by atoms with Crippen molar-refractivity contribution in [3.05, 3.63) is 40.2 Å². The number of nitrogens with zero attached hydrogens (tertiary/aromatic N) is 2. The molecule has 0 bridgehead atoms. The van der Waals surface area contributed by atoms with Gasteiger partial charge in [-0.2, -0.15) is 0 Å². The van der Waals surface area contributed by atoms with Crippen LogP contribution in [0.15, 0.2) is 28.7 Å². The number of hydrogen-bond donors (Lipinski definition) is 1. The van der Waals surface area contributed by atoms with E-state index in [1.54, 1.807) is 20.2 Å². The lowest BCUT2D eigenvalue weighted by Gasteiger charge is -2.08. The van der Waals surface area contributed by atoms with E-state index in [2.05, 4.69) is 31.2 Å². The highest BCUT2D eigenvalue weighted by molar-refractivity contribution is 9.10. The highest BCUT2D eigenvalue weighted by Crippen LogP contribution is 2.27. The van der Waals surface area contributed by atoms with Gasteiger partial charge in [-0.05, 0) is 34.1 Å². The molecular weight excluding hydrogens is 313 g/mol. The van der Waals surface area contributed by atoms with Gasteiger partial charge in [0.15, 0.2) is 5.82 Å². The van der Waals surface area contributed by atoms with E-state index >= 15 is 0 Å². The molecule has 0 aliphatic rings. The van der Waals surface area contributed by atoms with Crippen LogP contribution in [0.5, 0.6) is 0 Å². The molecule has 4 nitrogen and oxygen atoms in total. The van der Waals surface area contributed by atoms with Gasteiger partial charge in [-0.25, -0.2) is 14.4 Å². The normalized spacial score (nSPS) is 10.5. The van der Waals surface area contributed by atoms with Gasteiger partial charge in [0.25, 0.3) is 0 Å². The summed E-state index contributed by atoms with van der Waals surface area (Å²) >= 11 is 3.32. The number of rotatable bonds is 4. The molecule has 19 heavy (non-hydrogen) atoms. The third kappa shape index (κ3) is 3.27. The Bertz CT molecular complexity index is 592. The van der Waals surface area contributed by atoms with Crippen molar-refractivity contribution in [3.63, 3.8) is 0 Å². The molecule has 6 heteroatoms. The van der Waals surface area contributed by atoms with Crippen molar-refractivity contribution in [2.75, 3.05) is 19.5 Å². The summed E-state index contributed by atoms with van der Waals surface area (Å²) in [6.45, 7) is 0.392. The molecule has 0 unspecified atom stereocenters. The lowest BCUT2D eigenvalue weighted by atomic mass is 10.2. The van der Waals surface area contributed by atoms with Gasteiger partial charge in [-0.3, -0.25) is 0 Å². The molecule has 1 aromatic heterocycles. The maximum absolute atomic E-state index is 13.1. The van der Waals surface area contributed by atoms with Crippen molar-refractivity contribution >= 4 is 21.7 Å². The van der Waals surface area contributed by atoms with E-state index in [1.165, 1.54) is 12.1 Å². The summed E-state index contributed by atoms with van der Waals surface area (Å²) in [5, 5.41) is 2.97. The average Bonchev–Trinajstić information content (AvgIpc) is 2.38.